The summed E-state index contributed by atoms with van der Waals surface area (Å²) in [5.41, 5.74) is 0.290. The van der Waals surface area contributed by atoms with Gasteiger partial charge < -0.3 is 14.4 Å². The minimum Gasteiger partial charge on any atom is -0.444 e. The standard InChI is InChI=1S/C28H27F2N7O4/c1-27(2,3)41-25(38)35-13-20-21(14-35)28(20,15-31)23-7-4-16(9-32-23)19-6-5-17(8-22(19)29)36-11-18(40-26(36)39)12-37-24(30)10-33-34-37/h4-10,18,20-21H,11-14H2,1-3H3/t18-,20-,21+,28+/m1/s1. The Morgan fingerprint density at radius 1 is 1.17 bits per heavy atom. The number of pyridine rings is 1. The van der Waals surface area contributed by atoms with Crippen LogP contribution in [0.15, 0.2) is 42.7 Å². The molecule has 0 radical (unpaired) electrons. The van der Waals surface area contributed by atoms with Crippen molar-refractivity contribution >= 4 is 17.9 Å². The quantitative estimate of drug-likeness (QED) is 0.458. The molecule has 3 aliphatic rings. The third-order valence-corrected chi connectivity index (χ3v) is 7.80. The van der Waals surface area contributed by atoms with Gasteiger partial charge in [-0.25, -0.2) is 18.7 Å². The van der Waals surface area contributed by atoms with Gasteiger partial charge in [0, 0.05) is 42.2 Å². The predicted molar refractivity (Wildman–Crippen MR) is 139 cm³/mol. The Labute approximate surface area is 234 Å². The number of fused-ring (bicyclic) bond motifs is 1. The van der Waals surface area contributed by atoms with Crippen LogP contribution in [0.5, 0.6) is 0 Å². The van der Waals surface area contributed by atoms with Crippen molar-refractivity contribution in [3.05, 3.63) is 60.2 Å². The number of aromatic nitrogens is 4. The third kappa shape index (κ3) is 4.63. The Bertz CT molecular complexity index is 1550. The van der Waals surface area contributed by atoms with E-state index in [0.29, 0.717) is 30.0 Å². The first kappa shape index (κ1) is 26.6. The van der Waals surface area contributed by atoms with Crippen LogP contribution in [-0.4, -0.2) is 68.4 Å². The number of ether oxygens (including phenoxy) is 2. The molecule has 2 saturated heterocycles. The van der Waals surface area contributed by atoms with E-state index >= 15 is 4.39 Å². The number of carbonyl (C=O) groups excluding carboxylic acids is 2. The van der Waals surface area contributed by atoms with Gasteiger partial charge in [0.25, 0.3) is 0 Å². The zero-order chi connectivity index (χ0) is 29.1. The molecule has 6 rings (SSSR count). The lowest BCUT2D eigenvalue weighted by Crippen LogP contribution is -2.39. The highest BCUT2D eigenvalue weighted by atomic mass is 19.1. The molecule has 2 amide bonds. The Hall–Kier alpha value is -4.60. The fraction of sp³-hybridized carbons (Fsp3) is 0.429. The molecule has 2 aromatic heterocycles. The van der Waals surface area contributed by atoms with Gasteiger partial charge in [-0.05, 0) is 45.0 Å². The molecule has 0 N–H and O–H groups in total. The van der Waals surface area contributed by atoms with Crippen LogP contribution in [0.25, 0.3) is 11.1 Å². The number of amides is 2. The summed E-state index contributed by atoms with van der Waals surface area (Å²) < 4.78 is 40.6. The number of benzene rings is 1. The zero-order valence-corrected chi connectivity index (χ0v) is 22.6. The molecule has 4 atom stereocenters. The van der Waals surface area contributed by atoms with E-state index in [1.807, 2.05) is 20.8 Å². The lowest BCUT2D eigenvalue weighted by atomic mass is 9.95. The van der Waals surface area contributed by atoms with Crippen molar-refractivity contribution < 1.29 is 27.8 Å². The number of likely N-dealkylation sites (tertiary alicyclic amines) is 1. The number of carbonyl (C=O) groups is 2. The molecule has 13 heteroatoms. The van der Waals surface area contributed by atoms with E-state index < -0.39 is 35.0 Å². The van der Waals surface area contributed by atoms with E-state index in [4.69, 9.17) is 9.47 Å². The van der Waals surface area contributed by atoms with Gasteiger partial charge in [0.2, 0.25) is 5.95 Å². The number of piperidine rings is 1. The van der Waals surface area contributed by atoms with Crippen LogP contribution in [0.3, 0.4) is 0 Å². The second-order valence-electron chi connectivity index (χ2n) is 11.5. The SMILES string of the molecule is CC(C)(C)OC(=O)N1C[C@@H]2[C@H](C1)[C@@]2(C#N)c1ccc(-c2ccc(N3C[C@H](Cn4nncc4F)OC3=O)cc2F)cn1. The molecule has 11 nitrogen and oxygen atoms in total. The maximum Gasteiger partial charge on any atom is 0.414 e. The lowest BCUT2D eigenvalue weighted by Gasteiger charge is -2.27. The fourth-order valence-corrected chi connectivity index (χ4v) is 5.80. The average molecular weight is 564 g/mol. The number of anilines is 1. The first-order chi connectivity index (χ1) is 19.5. The molecule has 4 heterocycles. The van der Waals surface area contributed by atoms with Crippen LogP contribution in [-0.2, 0) is 21.4 Å². The third-order valence-electron chi connectivity index (χ3n) is 7.80. The molecule has 0 spiro atoms. The van der Waals surface area contributed by atoms with Crippen molar-refractivity contribution in [1.82, 2.24) is 24.9 Å². The molecule has 0 bridgehead atoms. The summed E-state index contributed by atoms with van der Waals surface area (Å²) in [4.78, 5) is 32.3. The zero-order valence-electron chi connectivity index (χ0n) is 22.6. The minimum atomic E-state index is -0.790. The maximum absolute atomic E-state index is 15.2. The van der Waals surface area contributed by atoms with Crippen LogP contribution in [0, 0.1) is 34.9 Å². The molecule has 1 aromatic carbocycles. The molecule has 41 heavy (non-hydrogen) atoms. The Kier molecular flexibility index (Phi) is 6.17. The van der Waals surface area contributed by atoms with E-state index in [1.165, 1.54) is 17.2 Å². The number of rotatable bonds is 5. The number of hydrogen-bond donors (Lipinski definition) is 0. The molecule has 3 aromatic rings. The number of halogens is 2. The summed E-state index contributed by atoms with van der Waals surface area (Å²) in [6.45, 7) is 6.34. The summed E-state index contributed by atoms with van der Waals surface area (Å²) in [5.74, 6) is -1.30. The summed E-state index contributed by atoms with van der Waals surface area (Å²) in [6.07, 6.45) is 0.750. The summed E-state index contributed by atoms with van der Waals surface area (Å²) >= 11 is 0. The molecule has 1 saturated carbocycles. The van der Waals surface area contributed by atoms with E-state index in [-0.39, 0.29) is 36.6 Å². The van der Waals surface area contributed by atoms with Gasteiger partial charge in [-0.15, -0.1) is 5.10 Å². The van der Waals surface area contributed by atoms with Crippen LogP contribution >= 0.6 is 0 Å². The molecule has 0 unspecified atom stereocenters. The van der Waals surface area contributed by atoms with Crippen LogP contribution in [0.4, 0.5) is 24.1 Å². The van der Waals surface area contributed by atoms with Crippen molar-refractivity contribution in [2.75, 3.05) is 24.5 Å². The Morgan fingerprint density at radius 3 is 2.51 bits per heavy atom. The highest BCUT2D eigenvalue weighted by Gasteiger charge is 2.71. The van der Waals surface area contributed by atoms with Crippen molar-refractivity contribution in [3.63, 3.8) is 0 Å². The van der Waals surface area contributed by atoms with Crippen molar-refractivity contribution in [3.8, 4) is 17.2 Å². The highest BCUT2D eigenvalue weighted by Crippen LogP contribution is 2.62. The van der Waals surface area contributed by atoms with Crippen molar-refractivity contribution in [1.29, 1.82) is 5.26 Å². The number of cyclic esters (lactones) is 1. The summed E-state index contributed by atoms with van der Waals surface area (Å²) in [6, 6.07) is 10.2. The predicted octanol–water partition coefficient (Wildman–Crippen LogP) is 3.90. The van der Waals surface area contributed by atoms with Crippen LogP contribution in [0.1, 0.15) is 26.5 Å². The Morgan fingerprint density at radius 2 is 1.93 bits per heavy atom. The monoisotopic (exact) mass is 563 g/mol. The van der Waals surface area contributed by atoms with E-state index in [1.54, 1.807) is 29.2 Å². The van der Waals surface area contributed by atoms with Crippen molar-refractivity contribution in [2.45, 2.75) is 44.4 Å². The first-order valence-electron chi connectivity index (χ1n) is 13.2. The first-order valence-corrected chi connectivity index (χ1v) is 13.2. The van der Waals surface area contributed by atoms with Gasteiger partial charge in [-0.2, -0.15) is 9.65 Å². The normalized spacial score (nSPS) is 25.1. The smallest absolute Gasteiger partial charge is 0.414 e. The number of hydrogen-bond acceptors (Lipinski definition) is 8. The molecular weight excluding hydrogens is 536 g/mol. The Balaban J connectivity index is 1.13. The molecule has 2 aliphatic heterocycles. The van der Waals surface area contributed by atoms with Gasteiger partial charge in [0.1, 0.15) is 29.1 Å². The van der Waals surface area contributed by atoms with E-state index in [9.17, 15) is 19.2 Å². The van der Waals surface area contributed by atoms with Crippen molar-refractivity contribution in [2.24, 2.45) is 11.8 Å². The minimum absolute atomic E-state index is 0.0163. The molecule has 1 aliphatic carbocycles. The summed E-state index contributed by atoms with van der Waals surface area (Å²) in [5, 5.41) is 17.1. The van der Waals surface area contributed by atoms with E-state index in [0.717, 1.165) is 10.9 Å². The number of nitrogens with zero attached hydrogens (tertiary/aromatic N) is 7. The largest absolute Gasteiger partial charge is 0.444 e. The lowest BCUT2D eigenvalue weighted by molar-refractivity contribution is 0.0265. The summed E-state index contributed by atoms with van der Waals surface area (Å²) in [7, 11) is 0. The van der Waals surface area contributed by atoms with Gasteiger partial charge in [-0.1, -0.05) is 11.3 Å². The topological polar surface area (TPSA) is 126 Å². The number of nitriles is 1. The van der Waals surface area contributed by atoms with Gasteiger partial charge >= 0.3 is 12.2 Å². The van der Waals surface area contributed by atoms with Gasteiger partial charge in [-0.3, -0.25) is 9.88 Å². The molecular formula is C28H27F2N7O4. The second kappa shape index (κ2) is 9.50. The highest BCUT2D eigenvalue weighted by molar-refractivity contribution is 5.90. The molecule has 212 valence electrons. The van der Waals surface area contributed by atoms with Gasteiger partial charge in [0.05, 0.1) is 30.5 Å². The fourth-order valence-electron chi connectivity index (χ4n) is 5.80. The maximum atomic E-state index is 15.2. The molecule has 3 fully saturated rings. The average Bonchev–Trinajstić information content (AvgIpc) is 3.34. The second-order valence-corrected chi connectivity index (χ2v) is 11.5. The van der Waals surface area contributed by atoms with Crippen LogP contribution < -0.4 is 4.90 Å². The van der Waals surface area contributed by atoms with E-state index in [2.05, 4.69) is 21.4 Å². The van der Waals surface area contributed by atoms with Gasteiger partial charge in [0.15, 0.2) is 0 Å². The van der Waals surface area contributed by atoms with Crippen LogP contribution in [0.2, 0.25) is 0 Å².